The van der Waals surface area contributed by atoms with Gasteiger partial charge in [-0.25, -0.2) is 0 Å². The average Bonchev–Trinajstić information content (AvgIpc) is 2.55. The number of halogens is 1. The Kier molecular flexibility index (Phi) is 8.29. The van der Waals surface area contributed by atoms with Crippen LogP contribution in [0.15, 0.2) is 0 Å². The maximum absolute atomic E-state index is 12.6. The average molecular weight is 348 g/mol. The molecule has 23 heavy (non-hydrogen) atoms. The normalized spacial score (nSPS) is 21.4. The highest BCUT2D eigenvalue weighted by molar-refractivity contribution is 5.86. The molecule has 0 aromatic carbocycles. The zero-order valence-corrected chi connectivity index (χ0v) is 14.8. The maximum atomic E-state index is 12.6. The fourth-order valence-electron chi connectivity index (χ4n) is 3.38. The Morgan fingerprint density at radius 3 is 2.39 bits per heavy atom. The van der Waals surface area contributed by atoms with E-state index in [1.807, 2.05) is 4.90 Å². The first-order valence-corrected chi connectivity index (χ1v) is 8.45. The SMILES string of the molecule is CNC(=O)CCOC1CCN(C(=O)C2(N)CCCCC2)CC1.Cl. The van der Waals surface area contributed by atoms with E-state index in [2.05, 4.69) is 5.32 Å². The van der Waals surface area contributed by atoms with Crippen molar-refractivity contribution in [2.45, 2.75) is 63.0 Å². The summed E-state index contributed by atoms with van der Waals surface area (Å²) >= 11 is 0. The van der Waals surface area contributed by atoms with Crippen LogP contribution >= 0.6 is 12.4 Å². The van der Waals surface area contributed by atoms with Crippen LogP contribution in [0.2, 0.25) is 0 Å². The molecule has 2 rings (SSSR count). The lowest BCUT2D eigenvalue weighted by molar-refractivity contribution is -0.141. The minimum absolute atomic E-state index is 0. The Morgan fingerprint density at radius 1 is 1.22 bits per heavy atom. The number of nitrogens with two attached hydrogens (primary N) is 1. The van der Waals surface area contributed by atoms with E-state index in [4.69, 9.17) is 10.5 Å². The fraction of sp³-hybridized carbons (Fsp3) is 0.875. The molecular formula is C16H30ClN3O3. The van der Waals surface area contributed by atoms with E-state index in [0.29, 0.717) is 26.1 Å². The molecule has 1 aliphatic carbocycles. The van der Waals surface area contributed by atoms with Gasteiger partial charge in [-0.3, -0.25) is 9.59 Å². The molecule has 1 saturated carbocycles. The van der Waals surface area contributed by atoms with Gasteiger partial charge in [0.2, 0.25) is 11.8 Å². The molecule has 2 aliphatic rings. The van der Waals surface area contributed by atoms with E-state index in [1.54, 1.807) is 7.05 Å². The van der Waals surface area contributed by atoms with Crippen molar-refractivity contribution in [3.05, 3.63) is 0 Å². The topological polar surface area (TPSA) is 84.7 Å². The highest BCUT2D eigenvalue weighted by atomic mass is 35.5. The number of nitrogens with one attached hydrogen (secondary N) is 1. The summed E-state index contributed by atoms with van der Waals surface area (Å²) in [6.45, 7) is 1.87. The molecular weight excluding hydrogens is 318 g/mol. The molecule has 0 aromatic rings. The number of rotatable bonds is 5. The summed E-state index contributed by atoms with van der Waals surface area (Å²) in [6.07, 6.45) is 7.12. The fourth-order valence-corrected chi connectivity index (χ4v) is 3.38. The van der Waals surface area contributed by atoms with Crippen LogP contribution in [-0.2, 0) is 14.3 Å². The molecule has 6 nitrogen and oxygen atoms in total. The monoisotopic (exact) mass is 347 g/mol. The highest BCUT2D eigenvalue weighted by Gasteiger charge is 2.39. The van der Waals surface area contributed by atoms with Crippen molar-refractivity contribution in [1.82, 2.24) is 10.2 Å². The molecule has 7 heteroatoms. The van der Waals surface area contributed by atoms with Gasteiger partial charge in [-0.2, -0.15) is 0 Å². The second-order valence-corrected chi connectivity index (χ2v) is 6.50. The van der Waals surface area contributed by atoms with Gasteiger partial charge in [-0.15, -0.1) is 12.4 Å². The number of ether oxygens (including phenoxy) is 1. The summed E-state index contributed by atoms with van der Waals surface area (Å²) in [6, 6.07) is 0. The highest BCUT2D eigenvalue weighted by Crippen LogP contribution is 2.29. The lowest BCUT2D eigenvalue weighted by Crippen LogP contribution is -2.58. The summed E-state index contributed by atoms with van der Waals surface area (Å²) < 4.78 is 5.72. The third-order valence-corrected chi connectivity index (χ3v) is 4.86. The second kappa shape index (κ2) is 9.45. The van der Waals surface area contributed by atoms with Crippen LogP contribution in [0.5, 0.6) is 0 Å². The molecule has 2 fully saturated rings. The van der Waals surface area contributed by atoms with Gasteiger partial charge in [0.1, 0.15) is 0 Å². The third-order valence-electron chi connectivity index (χ3n) is 4.86. The summed E-state index contributed by atoms with van der Waals surface area (Å²) in [5.74, 6) is 0.117. The minimum Gasteiger partial charge on any atom is -0.378 e. The van der Waals surface area contributed by atoms with Gasteiger partial charge in [0.25, 0.3) is 0 Å². The predicted octanol–water partition coefficient (Wildman–Crippen LogP) is 1.21. The van der Waals surface area contributed by atoms with Crippen molar-refractivity contribution in [1.29, 1.82) is 0 Å². The molecule has 0 unspecified atom stereocenters. The summed E-state index contributed by atoms with van der Waals surface area (Å²) in [4.78, 5) is 25.7. The smallest absolute Gasteiger partial charge is 0.242 e. The van der Waals surface area contributed by atoms with Crippen LogP contribution in [0.4, 0.5) is 0 Å². The first-order valence-electron chi connectivity index (χ1n) is 8.45. The lowest BCUT2D eigenvalue weighted by Gasteiger charge is -2.39. The molecule has 3 N–H and O–H groups in total. The van der Waals surface area contributed by atoms with Crippen LogP contribution in [0.25, 0.3) is 0 Å². The zero-order valence-electron chi connectivity index (χ0n) is 14.0. The zero-order chi connectivity index (χ0) is 16.0. The number of likely N-dealkylation sites (tertiary alicyclic amines) is 1. The van der Waals surface area contributed by atoms with E-state index in [9.17, 15) is 9.59 Å². The van der Waals surface area contributed by atoms with Crippen molar-refractivity contribution >= 4 is 24.2 Å². The summed E-state index contributed by atoms with van der Waals surface area (Å²) in [5.41, 5.74) is 5.70. The number of piperidine rings is 1. The Hall–Kier alpha value is -0.850. The number of nitrogens with zero attached hydrogens (tertiary/aromatic N) is 1. The van der Waals surface area contributed by atoms with Crippen molar-refractivity contribution in [3.8, 4) is 0 Å². The number of carbonyl (C=O) groups is 2. The Balaban J connectivity index is 0.00000264. The molecule has 134 valence electrons. The molecule has 1 saturated heterocycles. The lowest BCUT2D eigenvalue weighted by atomic mass is 9.81. The second-order valence-electron chi connectivity index (χ2n) is 6.50. The molecule has 0 spiro atoms. The number of hydrogen-bond acceptors (Lipinski definition) is 4. The van der Waals surface area contributed by atoms with Gasteiger partial charge >= 0.3 is 0 Å². The standard InChI is InChI=1S/C16H29N3O3.ClH/c1-18-14(20)7-12-22-13-5-10-19(11-6-13)15(21)16(17)8-3-2-4-9-16;/h13H,2-12,17H2,1H3,(H,18,20);1H. The number of carbonyl (C=O) groups excluding carboxylic acids is 2. The molecule has 1 heterocycles. The van der Waals surface area contributed by atoms with E-state index < -0.39 is 5.54 Å². The van der Waals surface area contributed by atoms with Crippen molar-refractivity contribution in [2.75, 3.05) is 26.7 Å². The number of amides is 2. The van der Waals surface area contributed by atoms with Crippen molar-refractivity contribution in [3.63, 3.8) is 0 Å². The molecule has 2 amide bonds. The van der Waals surface area contributed by atoms with Gasteiger partial charge in [0, 0.05) is 26.6 Å². The first-order chi connectivity index (χ1) is 10.5. The minimum atomic E-state index is -0.634. The van der Waals surface area contributed by atoms with Crippen LogP contribution in [0.3, 0.4) is 0 Å². The van der Waals surface area contributed by atoms with Crippen molar-refractivity contribution < 1.29 is 14.3 Å². The van der Waals surface area contributed by atoms with Crippen LogP contribution in [0.1, 0.15) is 51.4 Å². The van der Waals surface area contributed by atoms with E-state index in [-0.39, 0.29) is 30.3 Å². The van der Waals surface area contributed by atoms with Gasteiger partial charge in [0.05, 0.1) is 18.2 Å². The van der Waals surface area contributed by atoms with E-state index in [1.165, 1.54) is 6.42 Å². The van der Waals surface area contributed by atoms with Crippen molar-refractivity contribution in [2.24, 2.45) is 5.73 Å². The summed E-state index contributed by atoms with van der Waals surface area (Å²) in [5, 5.41) is 2.58. The Labute approximate surface area is 144 Å². The Bertz CT molecular complexity index is 392. The number of hydrogen-bond donors (Lipinski definition) is 2. The van der Waals surface area contributed by atoms with Crippen LogP contribution in [0, 0.1) is 0 Å². The summed E-state index contributed by atoms with van der Waals surface area (Å²) in [7, 11) is 1.63. The molecule has 0 bridgehead atoms. The molecule has 0 radical (unpaired) electrons. The van der Waals surface area contributed by atoms with Gasteiger partial charge in [-0.05, 0) is 25.7 Å². The van der Waals surface area contributed by atoms with Gasteiger partial charge in [0.15, 0.2) is 0 Å². The predicted molar refractivity (Wildman–Crippen MR) is 91.5 cm³/mol. The van der Waals surface area contributed by atoms with E-state index >= 15 is 0 Å². The van der Waals surface area contributed by atoms with E-state index in [0.717, 1.165) is 38.5 Å². The third kappa shape index (κ3) is 5.62. The molecule has 0 aromatic heterocycles. The quantitative estimate of drug-likeness (QED) is 0.783. The molecule has 0 atom stereocenters. The molecule has 1 aliphatic heterocycles. The van der Waals surface area contributed by atoms with Crippen LogP contribution < -0.4 is 11.1 Å². The van der Waals surface area contributed by atoms with Gasteiger partial charge in [-0.1, -0.05) is 19.3 Å². The van der Waals surface area contributed by atoms with Crippen LogP contribution in [-0.4, -0.2) is 55.1 Å². The first kappa shape index (κ1) is 20.2. The Morgan fingerprint density at radius 2 is 1.83 bits per heavy atom. The van der Waals surface area contributed by atoms with Gasteiger partial charge < -0.3 is 20.7 Å². The maximum Gasteiger partial charge on any atom is 0.242 e. The largest absolute Gasteiger partial charge is 0.378 e.